The summed E-state index contributed by atoms with van der Waals surface area (Å²) >= 11 is 0. The zero-order chi connectivity index (χ0) is 11.9. The highest BCUT2D eigenvalue weighted by Crippen LogP contribution is 2.24. The Kier molecular flexibility index (Phi) is 4.37. The summed E-state index contributed by atoms with van der Waals surface area (Å²) < 4.78 is 0. The Bertz CT molecular complexity index is 416. The topological polar surface area (TPSA) is 0 Å². The average Bonchev–Trinajstić information content (AvgIpc) is 2.42. The third-order valence-electron chi connectivity index (χ3n) is 3.33. The van der Waals surface area contributed by atoms with Gasteiger partial charge in [-0.05, 0) is 42.4 Å². The highest BCUT2D eigenvalue weighted by molar-refractivity contribution is 5.20. The van der Waals surface area contributed by atoms with Crippen molar-refractivity contribution in [1.82, 2.24) is 0 Å². The maximum atomic E-state index is 3.07. The molecule has 0 aromatic heterocycles. The van der Waals surface area contributed by atoms with Crippen LogP contribution in [0.3, 0.4) is 0 Å². The van der Waals surface area contributed by atoms with E-state index in [4.69, 9.17) is 0 Å². The number of aryl methyl sites for hydroxylation is 1. The Hall–Kier alpha value is -1.56. The molecule has 1 atom stereocenters. The van der Waals surface area contributed by atoms with Crippen LogP contribution >= 0.6 is 0 Å². The van der Waals surface area contributed by atoms with Crippen LogP contribution in [0.1, 0.15) is 36.8 Å². The molecule has 17 heavy (non-hydrogen) atoms. The van der Waals surface area contributed by atoms with Crippen LogP contribution in [0.15, 0.2) is 54.6 Å². The molecule has 0 aliphatic heterocycles. The van der Waals surface area contributed by atoms with Gasteiger partial charge in [-0.25, -0.2) is 0 Å². The number of rotatable bonds is 5. The van der Waals surface area contributed by atoms with E-state index >= 15 is 0 Å². The lowest BCUT2D eigenvalue weighted by atomic mass is 9.90. The molecule has 0 nitrogen and oxygen atoms in total. The molecule has 0 fully saturated rings. The summed E-state index contributed by atoms with van der Waals surface area (Å²) in [4.78, 5) is 0. The van der Waals surface area contributed by atoms with E-state index in [9.17, 15) is 0 Å². The van der Waals surface area contributed by atoms with Crippen LogP contribution in [0.25, 0.3) is 0 Å². The maximum Gasteiger partial charge on any atom is -0.0161 e. The van der Waals surface area contributed by atoms with Crippen molar-refractivity contribution in [3.8, 4) is 0 Å². The highest BCUT2D eigenvalue weighted by Gasteiger charge is 2.08. The maximum absolute atomic E-state index is 3.07. The standard InChI is InChI=1S/C17H19/c1-2-16(17-11-7-4-8-12-17)14-13-15-9-5-3-6-10-15/h4-12,16H,2,13-14H2,1H3. The zero-order valence-corrected chi connectivity index (χ0v) is 10.4. The minimum Gasteiger partial charge on any atom is -0.0648 e. The molecule has 0 saturated carbocycles. The van der Waals surface area contributed by atoms with Crippen molar-refractivity contribution in [3.05, 3.63) is 71.8 Å². The third-order valence-corrected chi connectivity index (χ3v) is 3.33. The van der Waals surface area contributed by atoms with E-state index in [0.717, 1.165) is 6.42 Å². The fraction of sp³-hybridized carbons (Fsp3) is 0.294. The molecule has 0 bridgehead atoms. The first kappa shape index (κ1) is 11.9. The van der Waals surface area contributed by atoms with Gasteiger partial charge in [-0.3, -0.25) is 0 Å². The summed E-state index contributed by atoms with van der Waals surface area (Å²) in [6.07, 6.45) is 3.59. The van der Waals surface area contributed by atoms with Gasteiger partial charge in [-0.1, -0.05) is 61.5 Å². The Morgan fingerprint density at radius 3 is 2.35 bits per heavy atom. The summed E-state index contributed by atoms with van der Waals surface area (Å²) in [5.74, 6) is 0.681. The second-order valence-corrected chi connectivity index (χ2v) is 4.46. The van der Waals surface area contributed by atoms with Gasteiger partial charge in [0.2, 0.25) is 0 Å². The van der Waals surface area contributed by atoms with Gasteiger partial charge in [0, 0.05) is 0 Å². The summed E-state index contributed by atoms with van der Waals surface area (Å²) in [5.41, 5.74) is 2.88. The van der Waals surface area contributed by atoms with E-state index < -0.39 is 0 Å². The molecule has 2 aromatic carbocycles. The van der Waals surface area contributed by atoms with Crippen molar-refractivity contribution in [3.63, 3.8) is 0 Å². The fourth-order valence-corrected chi connectivity index (χ4v) is 2.26. The number of benzene rings is 2. The molecule has 87 valence electrons. The molecule has 2 rings (SSSR count). The first-order valence-corrected chi connectivity index (χ1v) is 6.40. The molecule has 0 aliphatic carbocycles. The summed E-state index contributed by atoms with van der Waals surface area (Å²) in [6, 6.07) is 22.2. The van der Waals surface area contributed by atoms with Gasteiger partial charge >= 0.3 is 0 Å². The first-order valence-electron chi connectivity index (χ1n) is 6.40. The first-order chi connectivity index (χ1) is 8.40. The van der Waals surface area contributed by atoms with E-state index in [0.29, 0.717) is 5.92 Å². The van der Waals surface area contributed by atoms with Gasteiger partial charge in [0.1, 0.15) is 0 Å². The van der Waals surface area contributed by atoms with Gasteiger partial charge in [0.05, 0.1) is 0 Å². The molecule has 0 N–H and O–H groups in total. The van der Waals surface area contributed by atoms with Crippen LogP contribution in [0.2, 0.25) is 0 Å². The quantitative estimate of drug-likeness (QED) is 0.694. The van der Waals surface area contributed by atoms with E-state index in [2.05, 4.69) is 55.5 Å². The lowest BCUT2D eigenvalue weighted by Crippen LogP contribution is -1.99. The van der Waals surface area contributed by atoms with Gasteiger partial charge in [-0.2, -0.15) is 0 Å². The molecule has 0 amide bonds. The van der Waals surface area contributed by atoms with Crippen molar-refractivity contribution in [2.75, 3.05) is 0 Å². The smallest absolute Gasteiger partial charge is 0.0161 e. The Labute approximate surface area is 104 Å². The van der Waals surface area contributed by atoms with Crippen molar-refractivity contribution in [1.29, 1.82) is 0 Å². The van der Waals surface area contributed by atoms with Gasteiger partial charge in [0.25, 0.3) is 0 Å². The van der Waals surface area contributed by atoms with Crippen molar-refractivity contribution >= 4 is 0 Å². The van der Waals surface area contributed by atoms with E-state index in [1.54, 1.807) is 0 Å². The molecule has 2 aromatic rings. The minimum absolute atomic E-state index is 0.681. The molecule has 0 saturated heterocycles. The highest BCUT2D eigenvalue weighted by atomic mass is 14.1. The molecular weight excluding hydrogens is 204 g/mol. The SMILES string of the molecule is CCC(CCc1cc[c]cc1)c1ccccc1. The van der Waals surface area contributed by atoms with Gasteiger partial charge in [0.15, 0.2) is 0 Å². The van der Waals surface area contributed by atoms with Crippen LogP contribution in [0, 0.1) is 6.07 Å². The molecule has 0 aliphatic rings. The zero-order valence-electron chi connectivity index (χ0n) is 10.4. The summed E-state index contributed by atoms with van der Waals surface area (Å²) in [7, 11) is 0. The second kappa shape index (κ2) is 6.24. The molecule has 0 heteroatoms. The van der Waals surface area contributed by atoms with Crippen molar-refractivity contribution in [2.45, 2.75) is 32.1 Å². The number of hydrogen-bond donors (Lipinski definition) is 0. The summed E-state index contributed by atoms with van der Waals surface area (Å²) in [6.45, 7) is 2.27. The van der Waals surface area contributed by atoms with Crippen molar-refractivity contribution in [2.24, 2.45) is 0 Å². The predicted molar refractivity (Wildman–Crippen MR) is 73.1 cm³/mol. The van der Waals surface area contributed by atoms with Gasteiger partial charge in [-0.15, -0.1) is 0 Å². The Morgan fingerprint density at radius 2 is 1.71 bits per heavy atom. The largest absolute Gasteiger partial charge is 0.0648 e. The lowest BCUT2D eigenvalue weighted by Gasteiger charge is -2.15. The van der Waals surface area contributed by atoms with E-state index in [-0.39, 0.29) is 0 Å². The van der Waals surface area contributed by atoms with Gasteiger partial charge < -0.3 is 0 Å². The van der Waals surface area contributed by atoms with Crippen LogP contribution in [0.4, 0.5) is 0 Å². The molecule has 0 heterocycles. The number of hydrogen-bond acceptors (Lipinski definition) is 0. The molecule has 1 radical (unpaired) electrons. The van der Waals surface area contributed by atoms with Crippen molar-refractivity contribution < 1.29 is 0 Å². The average molecular weight is 223 g/mol. The molecular formula is C17H19. The van der Waals surface area contributed by atoms with E-state index in [1.165, 1.54) is 24.0 Å². The fourth-order valence-electron chi connectivity index (χ4n) is 2.26. The van der Waals surface area contributed by atoms with E-state index in [1.807, 2.05) is 12.1 Å². The third kappa shape index (κ3) is 3.45. The summed E-state index contributed by atoms with van der Waals surface area (Å²) in [5, 5.41) is 0. The van der Waals surface area contributed by atoms with Crippen LogP contribution < -0.4 is 0 Å². The van der Waals surface area contributed by atoms with Crippen LogP contribution in [-0.2, 0) is 6.42 Å². The second-order valence-electron chi connectivity index (χ2n) is 4.46. The van der Waals surface area contributed by atoms with Crippen LogP contribution in [0.5, 0.6) is 0 Å². The minimum atomic E-state index is 0.681. The monoisotopic (exact) mass is 223 g/mol. The lowest BCUT2D eigenvalue weighted by molar-refractivity contribution is 0.606. The predicted octanol–water partition coefficient (Wildman–Crippen LogP) is 4.61. The normalized spacial score (nSPS) is 12.3. The molecule has 1 unspecified atom stereocenters. The Balaban J connectivity index is 1.97. The molecule has 0 spiro atoms. The Morgan fingerprint density at radius 1 is 1.00 bits per heavy atom. The van der Waals surface area contributed by atoms with Crippen LogP contribution in [-0.4, -0.2) is 0 Å².